The molecular weight excluding hydrogens is 293 g/mol. The fourth-order valence-corrected chi connectivity index (χ4v) is 1.55. The highest BCUT2D eigenvalue weighted by Crippen LogP contribution is 2.32. The lowest BCUT2D eigenvalue weighted by Crippen LogP contribution is -2.14. The Morgan fingerprint density at radius 2 is 2.19 bits per heavy atom. The largest absolute Gasteiger partial charge is 0.433 e. The van der Waals surface area contributed by atoms with Crippen LogP contribution in [0.1, 0.15) is 5.69 Å². The Bertz CT molecular complexity index is 628. The van der Waals surface area contributed by atoms with Crippen LogP contribution in [0.3, 0.4) is 0 Å². The average molecular weight is 302 g/mol. The molecule has 2 rings (SSSR count). The van der Waals surface area contributed by atoms with E-state index in [1.54, 1.807) is 6.20 Å². The third-order valence-corrected chi connectivity index (χ3v) is 2.50. The minimum atomic E-state index is -4.67. The van der Waals surface area contributed by atoms with Crippen molar-refractivity contribution >= 4 is 11.4 Å². The summed E-state index contributed by atoms with van der Waals surface area (Å²) in [5.74, 6) is 0. The van der Waals surface area contributed by atoms with Crippen LogP contribution in [0.25, 0.3) is 0 Å². The van der Waals surface area contributed by atoms with E-state index in [1.165, 1.54) is 10.9 Å². The minimum absolute atomic E-state index is 0.144. The van der Waals surface area contributed by atoms with Crippen molar-refractivity contribution in [1.29, 1.82) is 0 Å². The second-order valence-corrected chi connectivity index (χ2v) is 3.93. The van der Waals surface area contributed by atoms with E-state index >= 15 is 0 Å². The molecule has 0 atom stereocenters. The second kappa shape index (κ2) is 5.73. The Labute approximate surface area is 115 Å². The molecule has 0 bridgehead atoms. The molecule has 0 amide bonds. The molecule has 11 heteroatoms. The molecule has 2 aromatic heterocycles. The standard InChI is InChI=1S/C10H9F3N6O2/c11-10(12,13)9-5-7(8(6-15-9)19(20)21)14-1-3-18-4-2-16-17-18/h2,4-6H,1,3H2,(H,14,15). The van der Waals surface area contributed by atoms with Gasteiger partial charge in [-0.2, -0.15) is 13.2 Å². The molecule has 112 valence electrons. The maximum atomic E-state index is 12.6. The van der Waals surface area contributed by atoms with Crippen LogP contribution in [-0.2, 0) is 12.7 Å². The molecule has 0 aliphatic carbocycles. The van der Waals surface area contributed by atoms with E-state index in [4.69, 9.17) is 0 Å². The lowest BCUT2D eigenvalue weighted by Gasteiger charge is -2.10. The zero-order chi connectivity index (χ0) is 15.5. The molecule has 2 aromatic rings. The highest BCUT2D eigenvalue weighted by atomic mass is 19.4. The zero-order valence-electron chi connectivity index (χ0n) is 10.4. The fraction of sp³-hybridized carbons (Fsp3) is 0.300. The van der Waals surface area contributed by atoms with E-state index < -0.39 is 22.5 Å². The van der Waals surface area contributed by atoms with Crippen molar-refractivity contribution in [3.63, 3.8) is 0 Å². The first-order chi connectivity index (χ1) is 9.88. The SMILES string of the molecule is O=[N+]([O-])c1cnc(C(F)(F)F)cc1NCCn1ccnn1. The summed E-state index contributed by atoms with van der Waals surface area (Å²) >= 11 is 0. The molecule has 0 spiro atoms. The Morgan fingerprint density at radius 1 is 1.43 bits per heavy atom. The molecular formula is C10H9F3N6O2. The maximum absolute atomic E-state index is 12.6. The van der Waals surface area contributed by atoms with Crippen molar-refractivity contribution in [2.45, 2.75) is 12.7 Å². The molecule has 0 aliphatic rings. The van der Waals surface area contributed by atoms with Gasteiger partial charge in [-0.3, -0.25) is 14.8 Å². The third kappa shape index (κ3) is 3.64. The second-order valence-electron chi connectivity index (χ2n) is 3.93. The molecule has 0 radical (unpaired) electrons. The summed E-state index contributed by atoms with van der Waals surface area (Å²) in [7, 11) is 0. The number of anilines is 1. The van der Waals surface area contributed by atoms with Crippen molar-refractivity contribution in [3.8, 4) is 0 Å². The summed E-state index contributed by atoms with van der Waals surface area (Å²) < 4.78 is 39.1. The van der Waals surface area contributed by atoms with Crippen LogP contribution in [0, 0.1) is 10.1 Å². The number of hydrogen-bond acceptors (Lipinski definition) is 6. The third-order valence-electron chi connectivity index (χ3n) is 2.50. The van der Waals surface area contributed by atoms with Gasteiger partial charge in [0.1, 0.15) is 17.6 Å². The number of pyridine rings is 1. The first-order valence-corrected chi connectivity index (χ1v) is 5.67. The molecule has 0 aliphatic heterocycles. The van der Waals surface area contributed by atoms with Crippen molar-refractivity contribution in [2.75, 3.05) is 11.9 Å². The maximum Gasteiger partial charge on any atom is 0.433 e. The van der Waals surface area contributed by atoms with Gasteiger partial charge in [0, 0.05) is 12.7 Å². The average Bonchev–Trinajstić information content (AvgIpc) is 2.90. The first-order valence-electron chi connectivity index (χ1n) is 5.67. The van der Waals surface area contributed by atoms with Crippen LogP contribution < -0.4 is 5.32 Å². The highest BCUT2D eigenvalue weighted by Gasteiger charge is 2.34. The van der Waals surface area contributed by atoms with Gasteiger partial charge in [-0.05, 0) is 6.07 Å². The summed E-state index contributed by atoms with van der Waals surface area (Å²) in [6.07, 6.45) is -1.08. The van der Waals surface area contributed by atoms with Crippen molar-refractivity contribution in [3.05, 3.63) is 40.5 Å². The number of hydrogen-bond donors (Lipinski definition) is 1. The number of nitrogens with zero attached hydrogens (tertiary/aromatic N) is 5. The Morgan fingerprint density at radius 3 is 2.76 bits per heavy atom. The molecule has 0 saturated carbocycles. The lowest BCUT2D eigenvalue weighted by molar-refractivity contribution is -0.384. The molecule has 0 aromatic carbocycles. The predicted molar refractivity (Wildman–Crippen MR) is 64.4 cm³/mol. The number of nitrogens with one attached hydrogen (secondary N) is 1. The van der Waals surface area contributed by atoms with Crippen LogP contribution >= 0.6 is 0 Å². The molecule has 8 nitrogen and oxygen atoms in total. The molecule has 2 heterocycles. The summed E-state index contributed by atoms with van der Waals surface area (Å²) in [6, 6.07) is 0.611. The number of nitro groups is 1. The highest BCUT2D eigenvalue weighted by molar-refractivity contribution is 5.61. The normalized spacial score (nSPS) is 11.4. The van der Waals surface area contributed by atoms with E-state index in [1.807, 2.05) is 0 Å². The predicted octanol–water partition coefficient (Wildman–Crippen LogP) is 1.71. The molecule has 0 fully saturated rings. The fourth-order valence-electron chi connectivity index (χ4n) is 1.55. The number of rotatable bonds is 5. The van der Waals surface area contributed by atoms with Gasteiger partial charge in [-0.15, -0.1) is 5.10 Å². The Kier molecular flexibility index (Phi) is 4.00. The number of aromatic nitrogens is 4. The Balaban J connectivity index is 2.16. The van der Waals surface area contributed by atoms with Gasteiger partial charge in [-0.1, -0.05) is 5.21 Å². The molecule has 0 unspecified atom stereocenters. The monoisotopic (exact) mass is 302 g/mol. The molecule has 1 N–H and O–H groups in total. The zero-order valence-corrected chi connectivity index (χ0v) is 10.4. The quantitative estimate of drug-likeness (QED) is 0.667. The minimum Gasteiger partial charge on any atom is -0.378 e. The van der Waals surface area contributed by atoms with Gasteiger partial charge in [0.25, 0.3) is 0 Å². The van der Waals surface area contributed by atoms with Gasteiger partial charge in [0.15, 0.2) is 0 Å². The topological polar surface area (TPSA) is 98.8 Å². The van der Waals surface area contributed by atoms with Gasteiger partial charge in [-0.25, -0.2) is 4.98 Å². The van der Waals surface area contributed by atoms with Crippen molar-refractivity contribution in [2.24, 2.45) is 0 Å². The van der Waals surface area contributed by atoms with Gasteiger partial charge >= 0.3 is 11.9 Å². The van der Waals surface area contributed by atoms with Crippen LogP contribution in [0.2, 0.25) is 0 Å². The first kappa shape index (κ1) is 14.7. The van der Waals surface area contributed by atoms with Gasteiger partial charge in [0.2, 0.25) is 0 Å². The van der Waals surface area contributed by atoms with Crippen LogP contribution in [0.4, 0.5) is 24.5 Å². The van der Waals surface area contributed by atoms with E-state index in [0.717, 1.165) is 0 Å². The van der Waals surface area contributed by atoms with Crippen molar-refractivity contribution < 1.29 is 18.1 Å². The van der Waals surface area contributed by atoms with Crippen LogP contribution in [0.15, 0.2) is 24.7 Å². The molecule has 21 heavy (non-hydrogen) atoms. The van der Waals surface area contributed by atoms with E-state index in [0.29, 0.717) is 18.8 Å². The Hall–Kier alpha value is -2.72. The van der Waals surface area contributed by atoms with Crippen LogP contribution in [-0.4, -0.2) is 31.4 Å². The summed E-state index contributed by atoms with van der Waals surface area (Å²) in [4.78, 5) is 13.0. The number of alkyl halides is 3. The summed E-state index contributed by atoms with van der Waals surface area (Å²) in [6.45, 7) is 0.437. The van der Waals surface area contributed by atoms with Gasteiger partial charge < -0.3 is 5.32 Å². The van der Waals surface area contributed by atoms with Crippen molar-refractivity contribution in [1.82, 2.24) is 20.0 Å². The summed E-state index contributed by atoms with van der Waals surface area (Å²) in [5, 5.41) is 20.6. The number of halogens is 3. The van der Waals surface area contributed by atoms with Crippen LogP contribution in [0.5, 0.6) is 0 Å². The van der Waals surface area contributed by atoms with E-state index in [2.05, 4.69) is 20.6 Å². The molecule has 0 saturated heterocycles. The van der Waals surface area contributed by atoms with E-state index in [9.17, 15) is 23.3 Å². The van der Waals surface area contributed by atoms with E-state index in [-0.39, 0.29) is 12.2 Å². The summed E-state index contributed by atoms with van der Waals surface area (Å²) in [5.41, 5.74) is -1.97. The lowest BCUT2D eigenvalue weighted by atomic mass is 10.2. The van der Waals surface area contributed by atoms with Gasteiger partial charge in [0.05, 0.1) is 17.7 Å². The smallest absolute Gasteiger partial charge is 0.378 e.